The van der Waals surface area contributed by atoms with Gasteiger partial charge in [-0.15, -0.1) is 0 Å². The Hall–Kier alpha value is -2.48. The molecule has 0 heterocycles. The monoisotopic (exact) mass is 266 g/mol. The van der Waals surface area contributed by atoms with E-state index in [0.29, 0.717) is 12.2 Å². The van der Waals surface area contributed by atoms with Crippen molar-refractivity contribution in [1.82, 2.24) is 5.32 Å². The van der Waals surface area contributed by atoms with Crippen LogP contribution < -0.4 is 11.1 Å². The van der Waals surface area contributed by atoms with Crippen molar-refractivity contribution in [1.29, 1.82) is 0 Å². The summed E-state index contributed by atoms with van der Waals surface area (Å²) in [5.41, 5.74) is 9.72. The summed E-state index contributed by atoms with van der Waals surface area (Å²) in [7, 11) is 0. The minimum Gasteiger partial charge on any atom is -0.397 e. The molecule has 1 aromatic carbocycles. The van der Waals surface area contributed by atoms with Gasteiger partial charge >= 0.3 is 0 Å². The quantitative estimate of drug-likeness (QED) is 0.737. The number of nitrogens with one attached hydrogen (secondary N) is 1. The number of benzene rings is 1. The van der Waals surface area contributed by atoms with E-state index in [1.807, 2.05) is 55.5 Å². The molecule has 2 heteroatoms. The second kappa shape index (κ2) is 8.59. The van der Waals surface area contributed by atoms with Crippen LogP contribution in [0, 0.1) is 0 Å². The van der Waals surface area contributed by atoms with E-state index in [9.17, 15) is 0 Å². The van der Waals surface area contributed by atoms with Gasteiger partial charge in [0.1, 0.15) is 0 Å². The Morgan fingerprint density at radius 1 is 1.25 bits per heavy atom. The highest BCUT2D eigenvalue weighted by Gasteiger charge is 2.04. The molecule has 0 aliphatic carbocycles. The highest BCUT2D eigenvalue weighted by molar-refractivity contribution is 5.68. The van der Waals surface area contributed by atoms with Crippen LogP contribution in [0.3, 0.4) is 0 Å². The molecule has 2 nitrogen and oxygen atoms in total. The molecule has 0 unspecified atom stereocenters. The first kappa shape index (κ1) is 15.6. The summed E-state index contributed by atoms with van der Waals surface area (Å²) >= 11 is 0. The van der Waals surface area contributed by atoms with Crippen LogP contribution in [0.25, 0.3) is 5.70 Å². The van der Waals surface area contributed by atoms with Gasteiger partial charge in [-0.3, -0.25) is 0 Å². The zero-order valence-electron chi connectivity index (χ0n) is 12.0. The van der Waals surface area contributed by atoms with Crippen molar-refractivity contribution in [3.05, 3.63) is 90.7 Å². The van der Waals surface area contributed by atoms with Crippen LogP contribution in [-0.2, 0) is 0 Å². The van der Waals surface area contributed by atoms with Crippen molar-refractivity contribution >= 4 is 5.70 Å². The summed E-state index contributed by atoms with van der Waals surface area (Å²) in [6.45, 7) is 10.1. The lowest BCUT2D eigenvalue weighted by atomic mass is 10.1. The van der Waals surface area contributed by atoms with Crippen LogP contribution in [0.5, 0.6) is 0 Å². The van der Waals surface area contributed by atoms with Crippen LogP contribution in [-0.4, -0.2) is 6.54 Å². The van der Waals surface area contributed by atoms with Gasteiger partial charge in [0.05, 0.1) is 11.4 Å². The van der Waals surface area contributed by atoms with E-state index in [4.69, 9.17) is 5.73 Å². The highest BCUT2D eigenvalue weighted by atomic mass is 14.9. The van der Waals surface area contributed by atoms with E-state index in [0.717, 1.165) is 16.8 Å². The maximum Gasteiger partial charge on any atom is 0.0649 e. The lowest BCUT2D eigenvalue weighted by Gasteiger charge is -2.14. The molecule has 0 saturated heterocycles. The van der Waals surface area contributed by atoms with Gasteiger partial charge in [-0.2, -0.15) is 0 Å². The number of nitrogens with two attached hydrogens (primary N) is 1. The molecule has 0 aliphatic rings. The van der Waals surface area contributed by atoms with Crippen LogP contribution in [0.4, 0.5) is 0 Å². The lowest BCUT2D eigenvalue weighted by molar-refractivity contribution is 0.966. The van der Waals surface area contributed by atoms with Gasteiger partial charge in [0.2, 0.25) is 0 Å². The molecule has 0 atom stereocenters. The average molecular weight is 266 g/mol. The Balaban J connectivity index is 2.97. The van der Waals surface area contributed by atoms with Crippen LogP contribution >= 0.6 is 0 Å². The normalized spacial score (nSPS) is 12.9. The predicted octanol–water partition coefficient (Wildman–Crippen LogP) is 3.78. The minimum absolute atomic E-state index is 0.634. The molecular formula is C18H22N2. The second-order valence-corrected chi connectivity index (χ2v) is 4.23. The highest BCUT2D eigenvalue weighted by Crippen LogP contribution is 2.14. The van der Waals surface area contributed by atoms with E-state index >= 15 is 0 Å². The van der Waals surface area contributed by atoms with Gasteiger partial charge in [-0.25, -0.2) is 0 Å². The summed E-state index contributed by atoms with van der Waals surface area (Å²) in [5.74, 6) is 0. The number of allylic oxidation sites excluding steroid dienone is 4. The predicted molar refractivity (Wildman–Crippen MR) is 88.8 cm³/mol. The van der Waals surface area contributed by atoms with E-state index in [2.05, 4.69) is 18.5 Å². The molecule has 3 N–H and O–H groups in total. The Labute approximate surface area is 121 Å². The summed E-state index contributed by atoms with van der Waals surface area (Å²) in [6, 6.07) is 9.99. The first-order valence-corrected chi connectivity index (χ1v) is 6.58. The van der Waals surface area contributed by atoms with E-state index in [-0.39, 0.29) is 0 Å². The van der Waals surface area contributed by atoms with Crippen LogP contribution in [0.2, 0.25) is 0 Å². The third-order valence-electron chi connectivity index (χ3n) is 2.75. The van der Waals surface area contributed by atoms with Crippen molar-refractivity contribution in [2.24, 2.45) is 5.73 Å². The molecule has 20 heavy (non-hydrogen) atoms. The molecule has 1 aromatic rings. The minimum atomic E-state index is 0.634. The Kier molecular flexibility index (Phi) is 6.69. The van der Waals surface area contributed by atoms with Gasteiger partial charge in [-0.05, 0) is 24.1 Å². The largest absolute Gasteiger partial charge is 0.397 e. The molecule has 1 rings (SSSR count). The molecule has 0 fully saturated rings. The van der Waals surface area contributed by atoms with Gasteiger partial charge in [0, 0.05) is 6.54 Å². The topological polar surface area (TPSA) is 38.0 Å². The average Bonchev–Trinajstić information content (AvgIpc) is 2.48. The first-order chi connectivity index (χ1) is 9.72. The van der Waals surface area contributed by atoms with E-state index in [1.165, 1.54) is 0 Å². The Bertz CT molecular complexity index is 534. The maximum absolute atomic E-state index is 6.02. The molecule has 0 aliphatic heterocycles. The molecule has 0 saturated carbocycles. The smallest absolute Gasteiger partial charge is 0.0649 e. The molecule has 0 radical (unpaired) electrons. The third kappa shape index (κ3) is 4.65. The van der Waals surface area contributed by atoms with Crippen molar-refractivity contribution in [2.75, 3.05) is 6.54 Å². The van der Waals surface area contributed by atoms with Gasteiger partial charge < -0.3 is 11.1 Å². The standard InChI is InChI=1S/C18H22N2/c1-4-10-15(11-5-2)14-20-18(17(19)6-3)16-12-8-7-9-13-16/h4-13,20H,1,3,14,19H2,2H3/b11-5-,15-10+,18-17+. The summed E-state index contributed by atoms with van der Waals surface area (Å²) < 4.78 is 0. The lowest BCUT2D eigenvalue weighted by Crippen LogP contribution is -2.19. The third-order valence-corrected chi connectivity index (χ3v) is 2.75. The summed E-state index contributed by atoms with van der Waals surface area (Å²) in [6.07, 6.45) is 9.45. The van der Waals surface area contributed by atoms with Gasteiger partial charge in [0.15, 0.2) is 0 Å². The number of hydrogen-bond donors (Lipinski definition) is 2. The summed E-state index contributed by atoms with van der Waals surface area (Å²) in [4.78, 5) is 0. The molecular weight excluding hydrogens is 244 g/mol. The van der Waals surface area contributed by atoms with E-state index < -0.39 is 0 Å². The fraction of sp³-hybridized carbons (Fsp3) is 0.111. The Morgan fingerprint density at radius 2 is 1.95 bits per heavy atom. The Morgan fingerprint density at radius 3 is 2.50 bits per heavy atom. The van der Waals surface area contributed by atoms with Gasteiger partial charge in [-0.1, -0.05) is 67.8 Å². The maximum atomic E-state index is 6.02. The summed E-state index contributed by atoms with van der Waals surface area (Å²) in [5, 5.41) is 3.37. The number of hydrogen-bond acceptors (Lipinski definition) is 2. The zero-order valence-corrected chi connectivity index (χ0v) is 12.0. The fourth-order valence-electron chi connectivity index (χ4n) is 1.81. The van der Waals surface area contributed by atoms with Crippen molar-refractivity contribution in [3.63, 3.8) is 0 Å². The number of rotatable bonds is 7. The fourth-order valence-corrected chi connectivity index (χ4v) is 1.81. The molecule has 0 amide bonds. The van der Waals surface area contributed by atoms with Crippen molar-refractivity contribution in [3.8, 4) is 0 Å². The molecule has 104 valence electrons. The molecule has 0 spiro atoms. The van der Waals surface area contributed by atoms with Crippen LogP contribution in [0.1, 0.15) is 12.5 Å². The second-order valence-electron chi connectivity index (χ2n) is 4.23. The first-order valence-electron chi connectivity index (χ1n) is 6.58. The van der Waals surface area contributed by atoms with Crippen molar-refractivity contribution < 1.29 is 0 Å². The zero-order chi connectivity index (χ0) is 14.8. The van der Waals surface area contributed by atoms with Crippen LogP contribution in [0.15, 0.2) is 85.1 Å². The molecule has 0 bridgehead atoms. The SMILES string of the molecule is C=C/C=C(\C=C/C)CN/C(=C(/N)C=C)c1ccccc1. The molecule has 0 aromatic heterocycles. The van der Waals surface area contributed by atoms with Gasteiger partial charge in [0.25, 0.3) is 0 Å². The van der Waals surface area contributed by atoms with Crippen molar-refractivity contribution in [2.45, 2.75) is 6.92 Å². The van der Waals surface area contributed by atoms with E-state index in [1.54, 1.807) is 12.2 Å².